The van der Waals surface area contributed by atoms with Crippen molar-refractivity contribution in [2.75, 3.05) is 18.4 Å². The summed E-state index contributed by atoms with van der Waals surface area (Å²) in [5.41, 5.74) is 0.387. The highest BCUT2D eigenvalue weighted by molar-refractivity contribution is 5.92. The SMILES string of the molecule is CCCNc1cncc(C(=O)NCCC2CCCC2)n1. The van der Waals surface area contributed by atoms with Crippen LogP contribution in [0.5, 0.6) is 0 Å². The van der Waals surface area contributed by atoms with Crippen LogP contribution in [0.4, 0.5) is 5.82 Å². The van der Waals surface area contributed by atoms with Gasteiger partial charge in [0.15, 0.2) is 0 Å². The zero-order valence-electron chi connectivity index (χ0n) is 12.2. The minimum atomic E-state index is -0.129. The third-order valence-electron chi connectivity index (χ3n) is 3.74. The molecule has 20 heavy (non-hydrogen) atoms. The van der Waals surface area contributed by atoms with Crippen molar-refractivity contribution in [1.29, 1.82) is 0 Å². The Labute approximate surface area is 120 Å². The van der Waals surface area contributed by atoms with Gasteiger partial charge in [0, 0.05) is 13.1 Å². The van der Waals surface area contributed by atoms with E-state index in [9.17, 15) is 4.79 Å². The van der Waals surface area contributed by atoms with Gasteiger partial charge in [0.25, 0.3) is 5.91 Å². The molecule has 0 spiro atoms. The zero-order valence-corrected chi connectivity index (χ0v) is 12.2. The molecule has 1 aromatic heterocycles. The largest absolute Gasteiger partial charge is 0.369 e. The number of anilines is 1. The lowest BCUT2D eigenvalue weighted by Gasteiger charge is -2.10. The van der Waals surface area contributed by atoms with Gasteiger partial charge in [0.05, 0.1) is 12.4 Å². The normalized spacial score (nSPS) is 15.2. The van der Waals surface area contributed by atoms with Gasteiger partial charge in [-0.2, -0.15) is 0 Å². The molecule has 1 fully saturated rings. The summed E-state index contributed by atoms with van der Waals surface area (Å²) >= 11 is 0. The Hall–Kier alpha value is -1.65. The van der Waals surface area contributed by atoms with E-state index in [1.807, 2.05) is 0 Å². The zero-order chi connectivity index (χ0) is 14.2. The van der Waals surface area contributed by atoms with Crippen molar-refractivity contribution in [1.82, 2.24) is 15.3 Å². The Morgan fingerprint density at radius 3 is 2.85 bits per heavy atom. The van der Waals surface area contributed by atoms with Crippen molar-refractivity contribution in [2.45, 2.75) is 45.4 Å². The fourth-order valence-corrected chi connectivity index (χ4v) is 2.59. The molecule has 0 radical (unpaired) electrons. The van der Waals surface area contributed by atoms with E-state index in [4.69, 9.17) is 0 Å². The minimum absolute atomic E-state index is 0.129. The summed E-state index contributed by atoms with van der Waals surface area (Å²) in [5.74, 6) is 1.32. The van der Waals surface area contributed by atoms with E-state index in [1.54, 1.807) is 6.20 Å². The van der Waals surface area contributed by atoms with E-state index < -0.39 is 0 Å². The van der Waals surface area contributed by atoms with Gasteiger partial charge in [-0.25, -0.2) is 4.98 Å². The van der Waals surface area contributed by atoms with Crippen molar-refractivity contribution in [3.63, 3.8) is 0 Å². The first-order valence-electron chi connectivity index (χ1n) is 7.63. The van der Waals surface area contributed by atoms with Gasteiger partial charge in [0.1, 0.15) is 11.5 Å². The van der Waals surface area contributed by atoms with Crippen molar-refractivity contribution in [3.05, 3.63) is 18.1 Å². The van der Waals surface area contributed by atoms with Gasteiger partial charge in [-0.05, 0) is 18.8 Å². The third-order valence-corrected chi connectivity index (χ3v) is 3.74. The van der Waals surface area contributed by atoms with Gasteiger partial charge in [-0.15, -0.1) is 0 Å². The molecule has 2 N–H and O–H groups in total. The number of rotatable bonds is 7. The summed E-state index contributed by atoms with van der Waals surface area (Å²) in [6.07, 6.45) is 10.6. The fourth-order valence-electron chi connectivity index (χ4n) is 2.59. The number of hydrogen-bond acceptors (Lipinski definition) is 4. The maximum Gasteiger partial charge on any atom is 0.271 e. The Morgan fingerprint density at radius 1 is 1.30 bits per heavy atom. The quantitative estimate of drug-likeness (QED) is 0.803. The summed E-state index contributed by atoms with van der Waals surface area (Å²) in [7, 11) is 0. The van der Waals surface area contributed by atoms with E-state index in [0.717, 1.165) is 31.8 Å². The first-order valence-corrected chi connectivity index (χ1v) is 7.63. The van der Waals surface area contributed by atoms with E-state index in [-0.39, 0.29) is 5.91 Å². The predicted molar refractivity (Wildman–Crippen MR) is 79.7 cm³/mol. The molecular weight excluding hydrogens is 252 g/mol. The van der Waals surface area contributed by atoms with Crippen LogP contribution in [0.2, 0.25) is 0 Å². The van der Waals surface area contributed by atoms with Crippen molar-refractivity contribution in [3.8, 4) is 0 Å². The number of hydrogen-bond donors (Lipinski definition) is 2. The molecule has 0 atom stereocenters. The highest BCUT2D eigenvalue weighted by atomic mass is 16.1. The number of amides is 1. The maximum absolute atomic E-state index is 12.0. The van der Waals surface area contributed by atoms with E-state index in [2.05, 4.69) is 27.5 Å². The van der Waals surface area contributed by atoms with Crippen LogP contribution in [0.25, 0.3) is 0 Å². The molecule has 0 aliphatic heterocycles. The summed E-state index contributed by atoms with van der Waals surface area (Å²) in [6, 6.07) is 0. The lowest BCUT2D eigenvalue weighted by Crippen LogP contribution is -2.26. The highest BCUT2D eigenvalue weighted by Crippen LogP contribution is 2.26. The number of carbonyl (C=O) groups excluding carboxylic acids is 1. The predicted octanol–water partition coefficient (Wildman–Crippen LogP) is 2.61. The molecule has 2 rings (SSSR count). The van der Waals surface area contributed by atoms with E-state index in [1.165, 1.54) is 31.9 Å². The lowest BCUT2D eigenvalue weighted by atomic mass is 10.0. The van der Waals surface area contributed by atoms with Crippen LogP contribution in [-0.4, -0.2) is 29.0 Å². The third kappa shape index (κ3) is 4.47. The lowest BCUT2D eigenvalue weighted by molar-refractivity contribution is 0.0946. The van der Waals surface area contributed by atoms with Crippen molar-refractivity contribution < 1.29 is 4.79 Å². The Balaban J connectivity index is 1.78. The topological polar surface area (TPSA) is 66.9 Å². The number of aromatic nitrogens is 2. The molecule has 0 bridgehead atoms. The number of nitrogens with zero attached hydrogens (tertiary/aromatic N) is 2. The molecule has 0 unspecified atom stereocenters. The first-order chi connectivity index (χ1) is 9.79. The molecule has 0 saturated heterocycles. The van der Waals surface area contributed by atoms with Crippen LogP contribution in [0.3, 0.4) is 0 Å². The van der Waals surface area contributed by atoms with Gasteiger partial charge in [-0.1, -0.05) is 32.6 Å². The van der Waals surface area contributed by atoms with Crippen LogP contribution in [0.15, 0.2) is 12.4 Å². The van der Waals surface area contributed by atoms with Gasteiger partial charge >= 0.3 is 0 Å². The molecule has 1 heterocycles. The molecule has 110 valence electrons. The summed E-state index contributed by atoms with van der Waals surface area (Å²) in [4.78, 5) is 20.3. The van der Waals surface area contributed by atoms with Crippen molar-refractivity contribution in [2.24, 2.45) is 5.92 Å². The summed E-state index contributed by atoms with van der Waals surface area (Å²) in [5, 5.41) is 6.08. The molecule has 1 aliphatic rings. The minimum Gasteiger partial charge on any atom is -0.369 e. The summed E-state index contributed by atoms with van der Waals surface area (Å²) in [6.45, 7) is 3.65. The molecule has 5 heteroatoms. The smallest absolute Gasteiger partial charge is 0.271 e. The second kappa shape index (κ2) is 7.82. The summed E-state index contributed by atoms with van der Waals surface area (Å²) < 4.78 is 0. The number of carbonyl (C=O) groups is 1. The van der Waals surface area contributed by atoms with Crippen molar-refractivity contribution >= 4 is 11.7 Å². The molecule has 1 amide bonds. The average molecular weight is 276 g/mol. The average Bonchev–Trinajstić information content (AvgIpc) is 2.98. The molecule has 0 aromatic carbocycles. The second-order valence-electron chi connectivity index (χ2n) is 5.41. The van der Waals surface area contributed by atoms with Gasteiger partial charge in [0.2, 0.25) is 0 Å². The molecular formula is C15H24N4O. The van der Waals surface area contributed by atoms with Crippen LogP contribution < -0.4 is 10.6 Å². The Kier molecular flexibility index (Phi) is 5.77. The van der Waals surface area contributed by atoms with Gasteiger partial charge in [-0.3, -0.25) is 9.78 Å². The van der Waals surface area contributed by atoms with Crippen LogP contribution in [-0.2, 0) is 0 Å². The monoisotopic (exact) mass is 276 g/mol. The van der Waals surface area contributed by atoms with E-state index >= 15 is 0 Å². The fraction of sp³-hybridized carbons (Fsp3) is 0.667. The van der Waals surface area contributed by atoms with E-state index in [0.29, 0.717) is 11.5 Å². The number of nitrogens with one attached hydrogen (secondary N) is 2. The van der Waals surface area contributed by atoms with Crippen LogP contribution in [0.1, 0.15) is 55.9 Å². The maximum atomic E-state index is 12.0. The highest BCUT2D eigenvalue weighted by Gasteiger charge is 2.15. The standard InChI is InChI=1S/C15H24N4O/c1-2-8-17-14-11-16-10-13(19-14)15(20)18-9-7-12-5-3-4-6-12/h10-12H,2-9H2,1H3,(H,17,19)(H,18,20). The molecule has 1 aromatic rings. The molecule has 5 nitrogen and oxygen atoms in total. The Bertz CT molecular complexity index is 430. The molecule has 1 saturated carbocycles. The van der Waals surface area contributed by atoms with Crippen LogP contribution >= 0.6 is 0 Å². The Morgan fingerprint density at radius 2 is 2.10 bits per heavy atom. The molecule has 1 aliphatic carbocycles. The van der Waals surface area contributed by atoms with Gasteiger partial charge < -0.3 is 10.6 Å². The van der Waals surface area contributed by atoms with Crippen LogP contribution in [0, 0.1) is 5.92 Å². The first kappa shape index (κ1) is 14.8. The second-order valence-corrected chi connectivity index (χ2v) is 5.41.